The number of H-pyrrole nitrogens is 1. The smallest absolute Gasteiger partial charge is 0.241 e. The highest BCUT2D eigenvalue weighted by Crippen LogP contribution is 2.18. The van der Waals surface area contributed by atoms with E-state index in [4.69, 9.17) is 4.42 Å². The molecule has 0 saturated carbocycles. The second-order valence-electron chi connectivity index (χ2n) is 7.70. The number of imidazole rings is 1. The van der Waals surface area contributed by atoms with Crippen LogP contribution in [0.15, 0.2) is 76.7 Å². The van der Waals surface area contributed by atoms with Gasteiger partial charge in [0.05, 0.1) is 11.9 Å². The summed E-state index contributed by atoms with van der Waals surface area (Å²) in [7, 11) is -7.73. The lowest BCUT2D eigenvalue weighted by molar-refractivity contribution is -0.113. The van der Waals surface area contributed by atoms with Crippen molar-refractivity contribution in [2.45, 2.75) is 11.5 Å². The van der Waals surface area contributed by atoms with Crippen molar-refractivity contribution in [1.82, 2.24) is 20.2 Å². The molecule has 2 heterocycles. The number of benzene rings is 2. The highest BCUT2D eigenvalue weighted by molar-refractivity contribution is 7.93. The molecule has 0 fully saturated rings. The number of carbonyl (C=O) groups is 1. The van der Waals surface area contributed by atoms with Crippen molar-refractivity contribution in [1.29, 1.82) is 0 Å². The van der Waals surface area contributed by atoms with Crippen LogP contribution in [0.2, 0.25) is 0 Å². The minimum absolute atomic E-state index is 0.0999. The van der Waals surface area contributed by atoms with Crippen LogP contribution in [0.25, 0.3) is 17.3 Å². The zero-order valence-electron chi connectivity index (χ0n) is 18.7. The molecular formula is C23H21N5O6S2. The molecule has 36 heavy (non-hydrogen) atoms. The van der Waals surface area contributed by atoms with E-state index in [1.165, 1.54) is 12.3 Å². The maximum atomic E-state index is 12.4. The van der Waals surface area contributed by atoms with Gasteiger partial charge in [-0.15, -0.1) is 10.2 Å². The first-order valence-electron chi connectivity index (χ1n) is 10.6. The summed E-state index contributed by atoms with van der Waals surface area (Å²) in [6, 6.07) is 18.1. The van der Waals surface area contributed by atoms with Crippen LogP contribution in [-0.4, -0.2) is 48.7 Å². The van der Waals surface area contributed by atoms with Gasteiger partial charge in [-0.2, -0.15) is 0 Å². The van der Waals surface area contributed by atoms with E-state index in [0.29, 0.717) is 11.3 Å². The predicted molar refractivity (Wildman–Crippen MR) is 133 cm³/mol. The Labute approximate surface area is 207 Å². The van der Waals surface area contributed by atoms with Gasteiger partial charge in [-0.3, -0.25) is 10.1 Å². The number of hydrogen-bond donors (Lipinski definition) is 2. The SMILES string of the molecule is O=C(CS(=O)(=O)Cc1nnc(CS(=O)(=O)/C=C\c2ccccc2)o1)Nc1ncc(-c2ccccc2)[nH]1. The van der Waals surface area contributed by atoms with Crippen LogP contribution < -0.4 is 5.32 Å². The molecule has 0 unspecified atom stereocenters. The molecule has 0 aliphatic rings. The summed E-state index contributed by atoms with van der Waals surface area (Å²) in [6.07, 6.45) is 2.94. The molecule has 2 aromatic carbocycles. The third-order valence-corrected chi connectivity index (χ3v) is 7.30. The molecule has 4 aromatic rings. The van der Waals surface area contributed by atoms with Crippen LogP contribution in [0.1, 0.15) is 17.3 Å². The van der Waals surface area contributed by atoms with E-state index < -0.39 is 42.8 Å². The van der Waals surface area contributed by atoms with Gasteiger partial charge in [0.2, 0.25) is 23.6 Å². The number of carbonyl (C=O) groups excluding carboxylic acids is 1. The largest absolute Gasteiger partial charge is 0.423 e. The zero-order valence-corrected chi connectivity index (χ0v) is 20.4. The Kier molecular flexibility index (Phi) is 7.41. The number of hydrogen-bond acceptors (Lipinski definition) is 9. The van der Waals surface area contributed by atoms with Crippen LogP contribution in [-0.2, 0) is 36.0 Å². The normalized spacial score (nSPS) is 12.1. The molecule has 4 rings (SSSR count). The van der Waals surface area contributed by atoms with Crippen LogP contribution >= 0.6 is 0 Å². The first-order chi connectivity index (χ1) is 17.2. The second kappa shape index (κ2) is 10.7. The van der Waals surface area contributed by atoms with Crippen molar-refractivity contribution in [2.75, 3.05) is 11.1 Å². The first-order valence-corrected chi connectivity index (χ1v) is 14.1. The van der Waals surface area contributed by atoms with Crippen molar-refractivity contribution < 1.29 is 26.0 Å². The summed E-state index contributed by atoms with van der Waals surface area (Å²) in [5, 5.41) is 10.6. The molecule has 0 aliphatic carbocycles. The fourth-order valence-corrected chi connectivity index (χ4v) is 5.12. The van der Waals surface area contributed by atoms with Crippen molar-refractivity contribution in [3.63, 3.8) is 0 Å². The van der Waals surface area contributed by atoms with E-state index in [9.17, 15) is 21.6 Å². The summed E-state index contributed by atoms with van der Waals surface area (Å²) in [6.45, 7) is 0. The molecule has 186 valence electrons. The van der Waals surface area contributed by atoms with Crippen molar-refractivity contribution >= 4 is 37.6 Å². The number of anilines is 1. The van der Waals surface area contributed by atoms with E-state index in [0.717, 1.165) is 11.0 Å². The topological polar surface area (TPSA) is 165 Å². The quantitative estimate of drug-likeness (QED) is 0.315. The lowest BCUT2D eigenvalue weighted by Gasteiger charge is -2.03. The van der Waals surface area contributed by atoms with Crippen LogP contribution in [0.3, 0.4) is 0 Å². The van der Waals surface area contributed by atoms with Gasteiger partial charge in [0.1, 0.15) is 17.3 Å². The Morgan fingerprint density at radius 1 is 0.917 bits per heavy atom. The minimum atomic E-state index is -3.99. The highest BCUT2D eigenvalue weighted by atomic mass is 32.2. The van der Waals surface area contributed by atoms with Gasteiger partial charge < -0.3 is 9.40 Å². The molecule has 2 N–H and O–H groups in total. The average Bonchev–Trinajstić information content (AvgIpc) is 3.47. The molecule has 2 aromatic heterocycles. The number of aromatic nitrogens is 4. The fourth-order valence-electron chi connectivity index (χ4n) is 3.13. The van der Waals surface area contributed by atoms with Crippen molar-refractivity contribution in [3.8, 4) is 11.3 Å². The number of sulfone groups is 2. The average molecular weight is 528 g/mol. The third-order valence-electron chi connectivity index (χ3n) is 4.71. The van der Waals surface area contributed by atoms with Crippen molar-refractivity contribution in [2.24, 2.45) is 0 Å². The van der Waals surface area contributed by atoms with E-state index in [1.54, 1.807) is 24.3 Å². The lowest BCUT2D eigenvalue weighted by Crippen LogP contribution is -2.24. The van der Waals surface area contributed by atoms with E-state index in [2.05, 4.69) is 25.5 Å². The van der Waals surface area contributed by atoms with Gasteiger partial charge in [0.25, 0.3) is 0 Å². The first kappa shape index (κ1) is 25.0. The standard InChI is InChI=1S/C23H21N5O6S2/c29-20(26-23-24-13-19(25-23)18-9-5-2-6-10-18)14-36(32,33)16-22-28-27-21(34-22)15-35(30,31)12-11-17-7-3-1-4-8-17/h1-13H,14-16H2,(H2,24,25,26,29)/b12-11-. The van der Waals surface area contributed by atoms with Gasteiger partial charge in [0.15, 0.2) is 19.7 Å². The van der Waals surface area contributed by atoms with Crippen LogP contribution in [0.4, 0.5) is 5.95 Å². The highest BCUT2D eigenvalue weighted by Gasteiger charge is 2.23. The maximum absolute atomic E-state index is 12.4. The molecule has 0 saturated heterocycles. The maximum Gasteiger partial charge on any atom is 0.241 e. The Hall–Kier alpha value is -4.10. The Morgan fingerprint density at radius 3 is 2.25 bits per heavy atom. The minimum Gasteiger partial charge on any atom is -0.423 e. The van der Waals surface area contributed by atoms with Crippen LogP contribution in [0.5, 0.6) is 0 Å². The van der Waals surface area contributed by atoms with Gasteiger partial charge in [-0.25, -0.2) is 21.8 Å². The summed E-state index contributed by atoms with van der Waals surface area (Å²) in [5.41, 5.74) is 2.20. The Morgan fingerprint density at radius 2 is 1.56 bits per heavy atom. The fraction of sp³-hybridized carbons (Fsp3) is 0.130. The van der Waals surface area contributed by atoms with E-state index >= 15 is 0 Å². The van der Waals surface area contributed by atoms with Gasteiger partial charge in [-0.05, 0) is 17.2 Å². The lowest BCUT2D eigenvalue weighted by atomic mass is 10.2. The summed E-state index contributed by atoms with van der Waals surface area (Å²) in [5.74, 6) is -3.45. The molecule has 0 radical (unpaired) electrons. The molecule has 0 aliphatic heterocycles. The zero-order chi connectivity index (χ0) is 25.6. The van der Waals surface area contributed by atoms with E-state index in [1.807, 2.05) is 36.4 Å². The number of aromatic amines is 1. The van der Waals surface area contributed by atoms with E-state index in [-0.39, 0.29) is 17.7 Å². The summed E-state index contributed by atoms with van der Waals surface area (Å²) < 4.78 is 54.6. The number of nitrogens with one attached hydrogen (secondary N) is 2. The molecule has 1 amide bonds. The molecule has 0 bridgehead atoms. The number of rotatable bonds is 10. The summed E-state index contributed by atoms with van der Waals surface area (Å²) in [4.78, 5) is 19.2. The Bertz CT molecular complexity index is 1580. The van der Waals surface area contributed by atoms with Gasteiger partial charge >= 0.3 is 0 Å². The molecule has 13 heteroatoms. The molecule has 0 atom stereocenters. The molecular weight excluding hydrogens is 506 g/mol. The Balaban J connectivity index is 1.32. The number of nitrogens with zero attached hydrogens (tertiary/aromatic N) is 3. The molecule has 11 nitrogen and oxygen atoms in total. The summed E-state index contributed by atoms with van der Waals surface area (Å²) >= 11 is 0. The van der Waals surface area contributed by atoms with Gasteiger partial charge in [0, 0.05) is 5.41 Å². The monoisotopic (exact) mass is 527 g/mol. The number of amides is 1. The van der Waals surface area contributed by atoms with Crippen LogP contribution in [0, 0.1) is 0 Å². The predicted octanol–water partition coefficient (Wildman–Crippen LogP) is 2.60. The van der Waals surface area contributed by atoms with Crippen molar-refractivity contribution in [3.05, 3.63) is 89.6 Å². The second-order valence-corrected chi connectivity index (χ2v) is 11.7. The third kappa shape index (κ3) is 7.20. The van der Waals surface area contributed by atoms with Gasteiger partial charge in [-0.1, -0.05) is 60.7 Å². The molecule has 0 spiro atoms.